The molecule has 1 aromatic carbocycles. The van der Waals surface area contributed by atoms with Crippen LogP contribution in [0.3, 0.4) is 0 Å². The number of aliphatic hydroxyl groups excluding tert-OH is 1. The number of rotatable bonds is 9. The monoisotopic (exact) mass is 422 g/mol. The Bertz CT molecular complexity index is 899. The van der Waals surface area contributed by atoms with E-state index >= 15 is 0 Å². The summed E-state index contributed by atoms with van der Waals surface area (Å²) in [6.45, 7) is 1.70. The fourth-order valence-electron chi connectivity index (χ4n) is 3.18. The predicted octanol–water partition coefficient (Wildman–Crippen LogP) is 2.97. The lowest BCUT2D eigenvalue weighted by Crippen LogP contribution is -2.23. The second-order valence-electron chi connectivity index (χ2n) is 6.40. The Hall–Kier alpha value is -2.65. The summed E-state index contributed by atoms with van der Waals surface area (Å²) in [7, 11) is 0. The first kappa shape index (κ1) is 21.1. The molecule has 0 spiro atoms. The second-order valence-corrected chi connectivity index (χ2v) is 7.50. The maximum absolute atomic E-state index is 13.4. The third-order valence-electron chi connectivity index (χ3n) is 4.39. The van der Waals surface area contributed by atoms with Crippen molar-refractivity contribution in [1.29, 1.82) is 0 Å². The molecule has 0 saturated heterocycles. The standard InChI is InChI=1S/C20H23FN2O5S/c1-2-27-20(26)18-13-4-3-5-16(13)29-19(18)23-17(25)11-22-14-7-6-12(21)10-15(14)28-9-8-24/h6-7,10,22,24H,2-5,8-9,11H2,1H3,(H,23,25). The van der Waals surface area contributed by atoms with Gasteiger partial charge in [0.05, 0.1) is 31.0 Å². The van der Waals surface area contributed by atoms with Crippen molar-refractivity contribution in [1.82, 2.24) is 0 Å². The number of hydrogen-bond acceptors (Lipinski definition) is 7. The van der Waals surface area contributed by atoms with Gasteiger partial charge in [0.15, 0.2) is 0 Å². The van der Waals surface area contributed by atoms with Gasteiger partial charge in [0.2, 0.25) is 5.91 Å². The molecule has 0 unspecified atom stereocenters. The fraction of sp³-hybridized carbons (Fsp3) is 0.400. The Labute approximate surface area is 171 Å². The van der Waals surface area contributed by atoms with Crippen molar-refractivity contribution < 1.29 is 28.6 Å². The smallest absolute Gasteiger partial charge is 0.341 e. The molecule has 0 radical (unpaired) electrons. The largest absolute Gasteiger partial charge is 0.489 e. The zero-order valence-electron chi connectivity index (χ0n) is 16.0. The van der Waals surface area contributed by atoms with Crippen molar-refractivity contribution in [2.75, 3.05) is 37.0 Å². The van der Waals surface area contributed by atoms with Crippen LogP contribution in [0.25, 0.3) is 0 Å². The van der Waals surface area contributed by atoms with Gasteiger partial charge in [0.25, 0.3) is 0 Å². The van der Waals surface area contributed by atoms with Gasteiger partial charge in [-0.15, -0.1) is 11.3 Å². The Morgan fingerprint density at radius 2 is 2.14 bits per heavy atom. The highest BCUT2D eigenvalue weighted by Crippen LogP contribution is 2.39. The van der Waals surface area contributed by atoms with Crippen LogP contribution < -0.4 is 15.4 Å². The fourth-order valence-corrected chi connectivity index (χ4v) is 4.47. The first-order valence-corrected chi connectivity index (χ1v) is 10.2. The van der Waals surface area contributed by atoms with Gasteiger partial charge in [-0.05, 0) is 43.9 Å². The first-order valence-electron chi connectivity index (χ1n) is 9.42. The number of aliphatic hydroxyl groups is 1. The van der Waals surface area contributed by atoms with Crippen molar-refractivity contribution >= 4 is 33.9 Å². The third kappa shape index (κ3) is 5.04. The van der Waals surface area contributed by atoms with Crippen LogP contribution in [0.4, 0.5) is 15.1 Å². The van der Waals surface area contributed by atoms with Gasteiger partial charge in [0, 0.05) is 10.9 Å². The number of ether oxygens (including phenoxy) is 2. The van der Waals surface area contributed by atoms with Gasteiger partial charge in [-0.1, -0.05) is 0 Å². The molecule has 0 fully saturated rings. The summed E-state index contributed by atoms with van der Waals surface area (Å²) in [6, 6.07) is 3.88. The van der Waals surface area contributed by atoms with E-state index in [0.717, 1.165) is 29.7 Å². The van der Waals surface area contributed by atoms with Gasteiger partial charge < -0.3 is 25.2 Å². The number of esters is 1. The molecule has 1 aliphatic rings. The molecule has 1 aromatic heterocycles. The molecule has 3 rings (SSSR count). The molecule has 2 aromatic rings. The average Bonchev–Trinajstić information content (AvgIpc) is 3.26. The van der Waals surface area contributed by atoms with E-state index in [4.69, 9.17) is 14.6 Å². The lowest BCUT2D eigenvalue weighted by molar-refractivity contribution is -0.114. The number of thiophene rings is 1. The van der Waals surface area contributed by atoms with E-state index in [1.165, 1.54) is 29.5 Å². The van der Waals surface area contributed by atoms with Gasteiger partial charge in [-0.2, -0.15) is 0 Å². The Morgan fingerprint density at radius 1 is 1.31 bits per heavy atom. The molecular formula is C20H23FN2O5S. The van der Waals surface area contributed by atoms with E-state index in [0.29, 0.717) is 16.3 Å². The molecule has 1 amide bonds. The molecule has 0 aliphatic heterocycles. The number of halogens is 1. The molecule has 3 N–H and O–H groups in total. The molecule has 1 heterocycles. The SMILES string of the molecule is CCOC(=O)c1c(NC(=O)CNc2ccc(F)cc2OCCO)sc2c1CCC2. The summed E-state index contributed by atoms with van der Waals surface area (Å²) >= 11 is 1.41. The molecule has 0 saturated carbocycles. The second kappa shape index (κ2) is 9.71. The molecule has 0 bridgehead atoms. The van der Waals surface area contributed by atoms with Gasteiger partial charge >= 0.3 is 5.97 Å². The number of carbonyl (C=O) groups is 2. The van der Waals surface area contributed by atoms with Gasteiger partial charge in [-0.25, -0.2) is 9.18 Å². The zero-order chi connectivity index (χ0) is 20.8. The Balaban J connectivity index is 1.69. The molecule has 7 nitrogen and oxygen atoms in total. The van der Waals surface area contributed by atoms with Crippen molar-refractivity contribution in [3.8, 4) is 5.75 Å². The number of aryl methyl sites for hydroxylation is 1. The molecule has 29 heavy (non-hydrogen) atoms. The van der Waals surface area contributed by atoms with Crippen LogP contribution in [0.15, 0.2) is 18.2 Å². The predicted molar refractivity (Wildman–Crippen MR) is 108 cm³/mol. The van der Waals surface area contributed by atoms with Crippen LogP contribution in [0.1, 0.15) is 34.1 Å². The minimum atomic E-state index is -0.486. The van der Waals surface area contributed by atoms with E-state index in [9.17, 15) is 14.0 Å². The quantitative estimate of drug-likeness (QED) is 0.538. The lowest BCUT2D eigenvalue weighted by Gasteiger charge is -2.13. The highest BCUT2D eigenvalue weighted by atomic mass is 32.1. The van der Waals surface area contributed by atoms with E-state index in [1.807, 2.05) is 0 Å². The number of nitrogens with one attached hydrogen (secondary N) is 2. The summed E-state index contributed by atoms with van der Waals surface area (Å²) in [5, 5.41) is 15.1. The van der Waals surface area contributed by atoms with Crippen molar-refractivity contribution in [3.05, 3.63) is 40.0 Å². The number of anilines is 2. The molecule has 1 aliphatic carbocycles. The van der Waals surface area contributed by atoms with E-state index < -0.39 is 11.8 Å². The van der Waals surface area contributed by atoms with Crippen molar-refractivity contribution in [2.45, 2.75) is 26.2 Å². The van der Waals surface area contributed by atoms with E-state index in [1.54, 1.807) is 6.92 Å². The van der Waals surface area contributed by atoms with Crippen LogP contribution >= 0.6 is 11.3 Å². The van der Waals surface area contributed by atoms with Crippen LogP contribution in [0, 0.1) is 5.82 Å². The van der Waals surface area contributed by atoms with Crippen LogP contribution in [-0.4, -0.2) is 43.3 Å². The van der Waals surface area contributed by atoms with Crippen LogP contribution in [0.5, 0.6) is 5.75 Å². The highest BCUT2D eigenvalue weighted by molar-refractivity contribution is 7.17. The lowest BCUT2D eigenvalue weighted by atomic mass is 10.1. The average molecular weight is 422 g/mol. The zero-order valence-corrected chi connectivity index (χ0v) is 16.9. The normalized spacial score (nSPS) is 12.4. The summed E-state index contributed by atoms with van der Waals surface area (Å²) in [5.74, 6) is -1.06. The summed E-state index contributed by atoms with van der Waals surface area (Å²) in [4.78, 5) is 25.9. The molecule has 0 atom stereocenters. The summed E-state index contributed by atoms with van der Waals surface area (Å²) in [5.41, 5.74) is 1.84. The maximum Gasteiger partial charge on any atom is 0.341 e. The number of hydrogen-bond donors (Lipinski definition) is 3. The van der Waals surface area contributed by atoms with E-state index in [-0.39, 0.29) is 38.0 Å². The van der Waals surface area contributed by atoms with Crippen LogP contribution in [0.2, 0.25) is 0 Å². The van der Waals surface area contributed by atoms with Gasteiger partial charge in [-0.3, -0.25) is 4.79 Å². The minimum Gasteiger partial charge on any atom is -0.489 e. The third-order valence-corrected chi connectivity index (χ3v) is 5.59. The number of fused-ring (bicyclic) bond motifs is 1. The van der Waals surface area contributed by atoms with E-state index in [2.05, 4.69) is 10.6 Å². The molecular weight excluding hydrogens is 399 g/mol. The molecule has 156 valence electrons. The Kier molecular flexibility index (Phi) is 7.05. The summed E-state index contributed by atoms with van der Waals surface area (Å²) in [6.07, 6.45) is 2.68. The first-order chi connectivity index (χ1) is 14.0. The Morgan fingerprint density at radius 3 is 2.90 bits per heavy atom. The highest BCUT2D eigenvalue weighted by Gasteiger charge is 2.28. The van der Waals surface area contributed by atoms with Crippen LogP contribution in [-0.2, 0) is 22.4 Å². The van der Waals surface area contributed by atoms with Crippen molar-refractivity contribution in [2.24, 2.45) is 0 Å². The summed E-state index contributed by atoms with van der Waals surface area (Å²) < 4.78 is 23.9. The molecule has 9 heteroatoms. The maximum atomic E-state index is 13.4. The number of benzene rings is 1. The number of amides is 1. The topological polar surface area (TPSA) is 96.9 Å². The van der Waals surface area contributed by atoms with Crippen molar-refractivity contribution in [3.63, 3.8) is 0 Å². The van der Waals surface area contributed by atoms with Gasteiger partial charge in [0.1, 0.15) is 23.2 Å². The minimum absolute atomic E-state index is 0.00792. The number of carbonyl (C=O) groups excluding carboxylic acids is 2.